The number of pyridine rings is 1. The molecule has 4 aromatic carbocycles. The van der Waals surface area contributed by atoms with Crippen molar-refractivity contribution in [2.75, 3.05) is 0 Å². The highest BCUT2D eigenvalue weighted by atomic mass is 31.2. The van der Waals surface area contributed by atoms with Crippen LogP contribution in [0.3, 0.4) is 0 Å². The fourth-order valence-electron chi connectivity index (χ4n) is 5.76. The highest BCUT2D eigenvalue weighted by molar-refractivity contribution is 7.96. The van der Waals surface area contributed by atoms with Crippen LogP contribution < -0.4 is 20.5 Å². The molecule has 2 aliphatic heterocycles. The van der Waals surface area contributed by atoms with Crippen molar-refractivity contribution in [1.82, 2.24) is 0 Å². The van der Waals surface area contributed by atoms with E-state index >= 15 is 0 Å². The van der Waals surface area contributed by atoms with Gasteiger partial charge in [0.15, 0.2) is 13.5 Å². The molecule has 1 aromatic heterocycles. The zero-order valence-electron chi connectivity index (χ0n) is 16.4. The molecule has 140 valence electrons. The smallest absolute Gasteiger partial charge is 0.157 e. The lowest BCUT2D eigenvalue weighted by atomic mass is 9.99. The molecule has 0 N–H and O–H groups in total. The molecule has 2 heteroatoms. The van der Waals surface area contributed by atoms with E-state index in [0.29, 0.717) is 5.78 Å². The van der Waals surface area contributed by atoms with E-state index in [9.17, 15) is 0 Å². The minimum atomic E-state index is -1.94. The molecule has 7 rings (SSSR count). The number of nitrogens with zero attached hydrogens (tertiary/aromatic N) is 1. The van der Waals surface area contributed by atoms with Crippen LogP contribution in [-0.2, 0) is 0 Å². The van der Waals surface area contributed by atoms with Gasteiger partial charge in [-0.1, -0.05) is 54.6 Å². The number of hydrogen-bond acceptors (Lipinski definition) is 0. The van der Waals surface area contributed by atoms with E-state index < -0.39 is 7.26 Å². The van der Waals surface area contributed by atoms with Crippen molar-refractivity contribution in [1.29, 1.82) is 0 Å². The Bertz CT molecular complexity index is 1400. The Labute approximate surface area is 176 Å². The van der Waals surface area contributed by atoms with E-state index in [1.54, 1.807) is 0 Å². The van der Waals surface area contributed by atoms with E-state index in [1.165, 1.54) is 43.5 Å². The number of rotatable bonds is 2. The Morgan fingerprint density at radius 3 is 2.03 bits per heavy atom. The summed E-state index contributed by atoms with van der Waals surface area (Å²) in [5, 5.41) is 7.28. The van der Waals surface area contributed by atoms with E-state index in [4.69, 9.17) is 0 Å². The molecule has 30 heavy (non-hydrogen) atoms. The zero-order chi connectivity index (χ0) is 19.7. The van der Waals surface area contributed by atoms with Gasteiger partial charge in [0, 0.05) is 17.5 Å². The van der Waals surface area contributed by atoms with E-state index in [-0.39, 0.29) is 0 Å². The predicted octanol–water partition coefficient (Wildman–Crippen LogP) is 4.96. The maximum atomic E-state index is 2.55. The van der Waals surface area contributed by atoms with Crippen LogP contribution in [-0.4, -0.2) is 0 Å². The first-order chi connectivity index (χ1) is 14.9. The normalized spacial score (nSPS) is 17.3. The molecule has 2 aliphatic rings. The summed E-state index contributed by atoms with van der Waals surface area (Å²) in [6.07, 6.45) is 2.29. The van der Waals surface area contributed by atoms with Crippen molar-refractivity contribution >= 4 is 33.9 Å². The average Bonchev–Trinajstić information content (AvgIpc) is 3.32. The molecular weight excluding hydrogens is 381 g/mol. The molecule has 1 nitrogen and oxygen atoms in total. The summed E-state index contributed by atoms with van der Waals surface area (Å²) in [7, 11) is -1.94. The lowest BCUT2D eigenvalue weighted by Crippen LogP contribution is -2.45. The standard InChI is InChI=1S/C28H20NP/c1-3-11-21(12-4-1)30(22-13-5-2-6-14-22)25-16-9-10-20-17-18-23-24-15-7-8-19-29(24)28(30)27(23)26(20)25/h1-19,28H/q+2. The van der Waals surface area contributed by atoms with Crippen LogP contribution in [0.25, 0.3) is 22.0 Å². The van der Waals surface area contributed by atoms with Gasteiger partial charge < -0.3 is 0 Å². The molecule has 0 aliphatic carbocycles. The summed E-state index contributed by atoms with van der Waals surface area (Å²) in [6.45, 7) is 0. The maximum Gasteiger partial charge on any atom is 0.298 e. The van der Waals surface area contributed by atoms with Crippen molar-refractivity contribution in [2.45, 2.75) is 5.78 Å². The molecule has 0 fully saturated rings. The van der Waals surface area contributed by atoms with Crippen molar-refractivity contribution in [2.24, 2.45) is 0 Å². The SMILES string of the molecule is c1ccc([P+]2(c3ccccc3)c3cccc4ccc5c(c34)C2[n+]2ccccc2-5)cc1. The van der Waals surface area contributed by atoms with Gasteiger partial charge in [-0.3, -0.25) is 0 Å². The van der Waals surface area contributed by atoms with Crippen LogP contribution in [0.5, 0.6) is 0 Å². The lowest BCUT2D eigenvalue weighted by molar-refractivity contribution is -0.676. The second kappa shape index (κ2) is 5.88. The Morgan fingerprint density at radius 1 is 0.600 bits per heavy atom. The second-order valence-corrected chi connectivity index (χ2v) is 11.6. The summed E-state index contributed by atoms with van der Waals surface area (Å²) >= 11 is 0. The zero-order valence-corrected chi connectivity index (χ0v) is 17.3. The van der Waals surface area contributed by atoms with Gasteiger partial charge in [0.25, 0.3) is 5.78 Å². The van der Waals surface area contributed by atoms with Gasteiger partial charge in [-0.2, -0.15) is 4.57 Å². The Kier molecular flexibility index (Phi) is 3.23. The first-order valence-corrected chi connectivity index (χ1v) is 12.3. The van der Waals surface area contributed by atoms with Crippen molar-refractivity contribution in [3.63, 3.8) is 0 Å². The highest BCUT2D eigenvalue weighted by Gasteiger charge is 2.67. The molecule has 0 saturated carbocycles. The van der Waals surface area contributed by atoms with Gasteiger partial charge >= 0.3 is 0 Å². The average molecular weight is 401 g/mol. The van der Waals surface area contributed by atoms with Crippen LogP contribution >= 0.6 is 7.26 Å². The van der Waals surface area contributed by atoms with E-state index in [2.05, 4.69) is 120 Å². The fourth-order valence-corrected chi connectivity index (χ4v) is 10.9. The molecule has 0 amide bonds. The highest BCUT2D eigenvalue weighted by Crippen LogP contribution is 2.72. The van der Waals surface area contributed by atoms with Gasteiger partial charge in [0.05, 0.1) is 11.1 Å². The maximum absolute atomic E-state index is 2.55. The molecule has 0 bridgehead atoms. The summed E-state index contributed by atoms with van der Waals surface area (Å²) in [4.78, 5) is 0. The third kappa shape index (κ3) is 1.85. The summed E-state index contributed by atoms with van der Waals surface area (Å²) in [5.74, 6) is 0.314. The van der Waals surface area contributed by atoms with Crippen molar-refractivity contribution in [3.8, 4) is 11.3 Å². The summed E-state index contributed by atoms with van der Waals surface area (Å²) < 4.78 is 2.55. The molecule has 0 radical (unpaired) electrons. The number of benzene rings is 4. The van der Waals surface area contributed by atoms with Gasteiger partial charge in [-0.15, -0.1) is 0 Å². The predicted molar refractivity (Wildman–Crippen MR) is 126 cm³/mol. The first kappa shape index (κ1) is 16.5. The molecule has 5 aromatic rings. The molecule has 1 atom stereocenters. The Morgan fingerprint density at radius 2 is 1.30 bits per heavy atom. The Balaban J connectivity index is 1.73. The van der Waals surface area contributed by atoms with Crippen LogP contribution in [0.4, 0.5) is 0 Å². The largest absolute Gasteiger partial charge is 0.298 e. The van der Waals surface area contributed by atoms with Crippen LogP contribution in [0.2, 0.25) is 0 Å². The second-order valence-electron chi connectivity index (χ2n) is 8.16. The van der Waals surface area contributed by atoms with Crippen LogP contribution in [0.15, 0.2) is 115 Å². The van der Waals surface area contributed by atoms with E-state index in [1.807, 2.05) is 0 Å². The minimum absolute atomic E-state index is 0.314. The van der Waals surface area contributed by atoms with E-state index in [0.717, 1.165) is 0 Å². The molecule has 0 saturated heterocycles. The van der Waals surface area contributed by atoms with Gasteiger partial charge in [0.2, 0.25) is 5.69 Å². The fraction of sp³-hybridized carbons (Fsp3) is 0.0357. The van der Waals surface area contributed by atoms with Gasteiger partial charge in [-0.05, 0) is 47.9 Å². The molecular formula is C28H20NP+2. The molecule has 0 spiro atoms. The summed E-state index contributed by atoms with van der Waals surface area (Å²) in [5.41, 5.74) is 4.26. The monoisotopic (exact) mass is 401 g/mol. The third-order valence-electron chi connectivity index (χ3n) is 6.83. The third-order valence-corrected chi connectivity index (χ3v) is 11.4. The van der Waals surface area contributed by atoms with Gasteiger partial charge in [-0.25, -0.2) is 0 Å². The number of fused-ring (bicyclic) bond motifs is 3. The van der Waals surface area contributed by atoms with Crippen LogP contribution in [0, 0.1) is 0 Å². The summed E-state index contributed by atoms with van der Waals surface area (Å²) in [6, 6.07) is 40.7. The number of hydrogen-bond donors (Lipinski definition) is 0. The van der Waals surface area contributed by atoms with Crippen LogP contribution in [0.1, 0.15) is 11.3 Å². The quantitative estimate of drug-likeness (QED) is 0.291. The molecule has 3 heterocycles. The molecule has 1 unspecified atom stereocenters. The number of aromatic nitrogens is 1. The van der Waals surface area contributed by atoms with Gasteiger partial charge in [0.1, 0.15) is 15.9 Å². The minimum Gasteiger partial charge on any atom is -0.157 e. The lowest BCUT2D eigenvalue weighted by Gasteiger charge is -2.25. The van der Waals surface area contributed by atoms with Crippen molar-refractivity contribution < 1.29 is 4.57 Å². The topological polar surface area (TPSA) is 3.88 Å². The first-order valence-electron chi connectivity index (χ1n) is 10.5. The van der Waals surface area contributed by atoms with Crippen molar-refractivity contribution in [3.05, 3.63) is 121 Å². The Hall–Kier alpha value is -3.28.